The summed E-state index contributed by atoms with van der Waals surface area (Å²) in [4.78, 5) is 26.4. The van der Waals surface area contributed by atoms with E-state index in [1.54, 1.807) is 61.5 Å². The van der Waals surface area contributed by atoms with Gasteiger partial charge < -0.3 is 9.64 Å². The second-order valence-electron chi connectivity index (χ2n) is 6.22. The van der Waals surface area contributed by atoms with Crippen LogP contribution in [0, 0.1) is 6.92 Å². The number of esters is 1. The van der Waals surface area contributed by atoms with Crippen LogP contribution in [0.1, 0.15) is 15.9 Å². The van der Waals surface area contributed by atoms with Crippen LogP contribution in [0.4, 0.5) is 5.69 Å². The second kappa shape index (κ2) is 7.75. The van der Waals surface area contributed by atoms with E-state index < -0.39 is 34.4 Å². The average molecular weight is 385 g/mol. The standard InChI is InChI=1S/C20H19NO5S/c1-15-7-5-6-10-18(15)20(23)26-13-19(22)21(16-8-3-2-4-9-16)17-11-12-27(24,25)14-17/h2-12,17H,13-14H2,1H3/t17-/m0/s1. The molecule has 0 aromatic heterocycles. The number of aryl methyl sites for hydroxylation is 1. The van der Waals surface area contributed by atoms with E-state index in [2.05, 4.69) is 0 Å². The summed E-state index contributed by atoms with van der Waals surface area (Å²) in [5.74, 6) is -1.28. The quantitative estimate of drug-likeness (QED) is 0.739. The van der Waals surface area contributed by atoms with Crippen LogP contribution >= 0.6 is 0 Å². The molecule has 0 radical (unpaired) electrons. The topological polar surface area (TPSA) is 80.8 Å². The lowest BCUT2D eigenvalue weighted by atomic mass is 10.1. The highest BCUT2D eigenvalue weighted by molar-refractivity contribution is 7.94. The van der Waals surface area contributed by atoms with Gasteiger partial charge in [0.1, 0.15) is 0 Å². The molecule has 0 unspecified atom stereocenters. The molecule has 0 saturated carbocycles. The highest BCUT2D eigenvalue weighted by atomic mass is 32.2. The second-order valence-corrected chi connectivity index (χ2v) is 8.15. The fourth-order valence-electron chi connectivity index (χ4n) is 2.91. The van der Waals surface area contributed by atoms with E-state index in [1.807, 2.05) is 0 Å². The third-order valence-corrected chi connectivity index (χ3v) is 5.62. The number of benzene rings is 2. The lowest BCUT2D eigenvalue weighted by Gasteiger charge is -2.27. The molecule has 1 heterocycles. The summed E-state index contributed by atoms with van der Waals surface area (Å²) in [7, 11) is -3.34. The molecule has 0 fully saturated rings. The Morgan fingerprint density at radius 3 is 2.37 bits per heavy atom. The molecular formula is C20H19NO5S. The predicted octanol–water partition coefficient (Wildman–Crippen LogP) is 2.50. The van der Waals surface area contributed by atoms with Crippen LogP contribution in [0.2, 0.25) is 0 Å². The van der Waals surface area contributed by atoms with Crippen molar-refractivity contribution in [3.05, 3.63) is 77.2 Å². The van der Waals surface area contributed by atoms with Gasteiger partial charge in [-0.25, -0.2) is 13.2 Å². The van der Waals surface area contributed by atoms with Crippen molar-refractivity contribution in [2.75, 3.05) is 17.3 Å². The number of hydrogen-bond acceptors (Lipinski definition) is 5. The van der Waals surface area contributed by atoms with Crippen LogP contribution in [-0.4, -0.2) is 38.7 Å². The average Bonchev–Trinajstić information content (AvgIpc) is 3.00. The Balaban J connectivity index is 1.77. The molecule has 6 nitrogen and oxygen atoms in total. The van der Waals surface area contributed by atoms with Gasteiger partial charge in [-0.1, -0.05) is 36.4 Å². The van der Waals surface area contributed by atoms with Crippen LogP contribution in [0.3, 0.4) is 0 Å². The Hall–Kier alpha value is -2.93. The summed E-state index contributed by atoms with van der Waals surface area (Å²) in [6.07, 6.45) is 1.48. The van der Waals surface area contributed by atoms with Crippen LogP contribution in [0.25, 0.3) is 0 Å². The number of sulfone groups is 1. The SMILES string of the molecule is Cc1ccccc1C(=O)OCC(=O)N(c1ccccc1)[C@H]1C=CS(=O)(=O)C1. The molecule has 140 valence electrons. The molecule has 7 heteroatoms. The van der Waals surface area contributed by atoms with E-state index in [1.165, 1.54) is 11.0 Å². The third-order valence-electron chi connectivity index (χ3n) is 4.24. The van der Waals surface area contributed by atoms with E-state index in [9.17, 15) is 18.0 Å². The number of carbonyl (C=O) groups excluding carboxylic acids is 2. The number of ether oxygens (including phenoxy) is 1. The van der Waals surface area contributed by atoms with Gasteiger partial charge in [0.05, 0.1) is 17.4 Å². The molecule has 0 bridgehead atoms. The molecule has 3 rings (SSSR count). The van der Waals surface area contributed by atoms with E-state index in [4.69, 9.17) is 4.74 Å². The van der Waals surface area contributed by atoms with Gasteiger partial charge in [0.15, 0.2) is 16.4 Å². The number of nitrogens with zero attached hydrogens (tertiary/aromatic N) is 1. The molecule has 27 heavy (non-hydrogen) atoms. The van der Waals surface area contributed by atoms with Crippen LogP contribution in [0.5, 0.6) is 0 Å². The predicted molar refractivity (Wildman–Crippen MR) is 102 cm³/mol. The minimum absolute atomic E-state index is 0.195. The number of para-hydroxylation sites is 1. The molecular weight excluding hydrogens is 366 g/mol. The van der Waals surface area contributed by atoms with Gasteiger partial charge in [-0.15, -0.1) is 0 Å². The molecule has 1 amide bonds. The third kappa shape index (κ3) is 4.43. The number of amides is 1. The molecule has 2 aromatic rings. The first kappa shape index (κ1) is 18.8. The normalized spacial score (nSPS) is 17.4. The smallest absolute Gasteiger partial charge is 0.338 e. The van der Waals surface area contributed by atoms with E-state index in [0.29, 0.717) is 11.3 Å². The zero-order valence-corrected chi connectivity index (χ0v) is 15.6. The molecule has 0 saturated heterocycles. The highest BCUT2D eigenvalue weighted by Gasteiger charge is 2.31. The van der Waals surface area contributed by atoms with Crippen molar-refractivity contribution in [3.8, 4) is 0 Å². The van der Waals surface area contributed by atoms with Gasteiger partial charge >= 0.3 is 5.97 Å². The van der Waals surface area contributed by atoms with Crippen molar-refractivity contribution < 1.29 is 22.7 Å². The van der Waals surface area contributed by atoms with E-state index in [0.717, 1.165) is 11.0 Å². The van der Waals surface area contributed by atoms with Crippen molar-refractivity contribution in [1.82, 2.24) is 0 Å². The number of rotatable bonds is 5. The lowest BCUT2D eigenvalue weighted by molar-refractivity contribution is -0.121. The fourth-order valence-corrected chi connectivity index (χ4v) is 4.17. The summed E-state index contributed by atoms with van der Waals surface area (Å²) in [6, 6.07) is 15.0. The van der Waals surface area contributed by atoms with Crippen molar-refractivity contribution >= 4 is 27.4 Å². The summed E-state index contributed by atoms with van der Waals surface area (Å²) >= 11 is 0. The molecule has 0 spiro atoms. The van der Waals surface area contributed by atoms with Crippen LogP contribution in [-0.2, 0) is 19.4 Å². The highest BCUT2D eigenvalue weighted by Crippen LogP contribution is 2.23. The first-order valence-corrected chi connectivity index (χ1v) is 10.1. The Bertz CT molecular complexity index is 982. The van der Waals surface area contributed by atoms with Gasteiger partial charge in [-0.3, -0.25) is 4.79 Å². The number of hydrogen-bond donors (Lipinski definition) is 0. The van der Waals surface area contributed by atoms with Crippen molar-refractivity contribution in [2.45, 2.75) is 13.0 Å². The molecule has 2 aromatic carbocycles. The summed E-state index contributed by atoms with van der Waals surface area (Å²) < 4.78 is 28.7. The number of anilines is 1. The van der Waals surface area contributed by atoms with Gasteiger partial charge in [-0.05, 0) is 36.8 Å². The van der Waals surface area contributed by atoms with Gasteiger partial charge in [0.2, 0.25) is 0 Å². The Morgan fingerprint density at radius 2 is 1.74 bits per heavy atom. The Kier molecular flexibility index (Phi) is 5.41. The number of carbonyl (C=O) groups is 2. The van der Waals surface area contributed by atoms with Crippen molar-refractivity contribution in [1.29, 1.82) is 0 Å². The lowest BCUT2D eigenvalue weighted by Crippen LogP contribution is -2.43. The van der Waals surface area contributed by atoms with E-state index in [-0.39, 0.29) is 5.75 Å². The summed E-state index contributed by atoms with van der Waals surface area (Å²) in [6.45, 7) is 1.30. The van der Waals surface area contributed by atoms with Gasteiger partial charge in [0.25, 0.3) is 5.91 Å². The molecule has 0 N–H and O–H groups in total. The van der Waals surface area contributed by atoms with Crippen LogP contribution < -0.4 is 4.90 Å². The van der Waals surface area contributed by atoms with E-state index >= 15 is 0 Å². The first-order chi connectivity index (χ1) is 12.9. The summed E-state index contributed by atoms with van der Waals surface area (Å²) in [5.41, 5.74) is 1.68. The maximum atomic E-state index is 12.8. The maximum Gasteiger partial charge on any atom is 0.338 e. The zero-order valence-electron chi connectivity index (χ0n) is 14.7. The van der Waals surface area contributed by atoms with Crippen molar-refractivity contribution in [3.63, 3.8) is 0 Å². The first-order valence-electron chi connectivity index (χ1n) is 8.38. The minimum Gasteiger partial charge on any atom is -0.452 e. The molecule has 1 aliphatic heterocycles. The molecule has 0 aliphatic carbocycles. The maximum absolute atomic E-state index is 12.8. The fraction of sp³-hybridized carbons (Fsp3) is 0.200. The molecule has 1 atom stereocenters. The van der Waals surface area contributed by atoms with Gasteiger partial charge in [-0.2, -0.15) is 0 Å². The Labute approximate surface area is 158 Å². The van der Waals surface area contributed by atoms with Crippen LogP contribution in [0.15, 0.2) is 66.1 Å². The molecule has 1 aliphatic rings. The zero-order chi connectivity index (χ0) is 19.4. The van der Waals surface area contributed by atoms with Gasteiger partial charge in [0, 0.05) is 11.1 Å². The minimum atomic E-state index is -3.34. The Morgan fingerprint density at radius 1 is 1.07 bits per heavy atom. The largest absolute Gasteiger partial charge is 0.452 e. The summed E-state index contributed by atoms with van der Waals surface area (Å²) in [5, 5.41) is 1.11. The monoisotopic (exact) mass is 385 g/mol. The van der Waals surface area contributed by atoms with Crippen molar-refractivity contribution in [2.24, 2.45) is 0 Å².